The Balaban J connectivity index is -0.000000125. The average molecular weight is 142 g/mol. The maximum absolute atomic E-state index is 8.20. The second-order valence-corrected chi connectivity index (χ2v) is 1.43. The lowest BCUT2D eigenvalue weighted by atomic mass is 10.3. The molecule has 0 aromatic carbocycles. The highest BCUT2D eigenvalue weighted by atomic mass is 35.5. The van der Waals surface area contributed by atoms with Gasteiger partial charge in [-0.2, -0.15) is 0 Å². The molecule has 0 aliphatic heterocycles. The number of hydrogen-bond donors (Lipinski definition) is 2. The van der Waals surface area contributed by atoms with Crippen molar-refractivity contribution >= 4 is 12.4 Å². The minimum atomic E-state index is 0. The third-order valence-electron chi connectivity index (χ3n) is 0.762. The Hall–Kier alpha value is 0.210. The molecule has 0 rings (SSSR count). The van der Waals surface area contributed by atoms with Gasteiger partial charge in [0.1, 0.15) is 0 Å². The van der Waals surface area contributed by atoms with E-state index < -0.39 is 0 Å². The zero-order chi connectivity index (χ0) is 4.83. The SMILES string of the molecule is CCCCCO.Cl.N. The molecule has 0 aliphatic rings. The Morgan fingerprint density at radius 1 is 1.25 bits per heavy atom. The number of aliphatic hydroxyl groups is 1. The lowest BCUT2D eigenvalue weighted by molar-refractivity contribution is 0.284. The standard InChI is InChI=1S/C5H12O.ClH.H3N/c1-2-3-4-5-6;;/h6H,2-5H2,1H3;1H;1H3. The Morgan fingerprint density at radius 3 is 1.88 bits per heavy atom. The van der Waals surface area contributed by atoms with Gasteiger partial charge in [-0.3, -0.25) is 0 Å². The number of hydrogen-bond acceptors (Lipinski definition) is 2. The fraction of sp³-hybridized carbons (Fsp3) is 1.00. The van der Waals surface area contributed by atoms with Crippen molar-refractivity contribution < 1.29 is 5.11 Å². The fourth-order valence-corrected chi connectivity index (χ4v) is 0.362. The van der Waals surface area contributed by atoms with Gasteiger partial charge in [0, 0.05) is 6.61 Å². The Labute approximate surface area is 57.3 Å². The highest BCUT2D eigenvalue weighted by Gasteiger charge is 1.76. The van der Waals surface area contributed by atoms with Crippen LogP contribution >= 0.6 is 12.4 Å². The molecule has 0 spiro atoms. The van der Waals surface area contributed by atoms with E-state index in [0.29, 0.717) is 6.61 Å². The van der Waals surface area contributed by atoms with Gasteiger partial charge >= 0.3 is 0 Å². The van der Waals surface area contributed by atoms with Crippen LogP contribution < -0.4 is 6.15 Å². The van der Waals surface area contributed by atoms with Crippen LogP contribution in [0.5, 0.6) is 0 Å². The monoisotopic (exact) mass is 141 g/mol. The summed E-state index contributed by atoms with van der Waals surface area (Å²) in [6.07, 6.45) is 3.33. The first kappa shape index (κ1) is 15.7. The second-order valence-electron chi connectivity index (χ2n) is 1.43. The molecule has 0 unspecified atom stereocenters. The molecule has 0 radical (unpaired) electrons. The van der Waals surface area contributed by atoms with Gasteiger partial charge < -0.3 is 11.3 Å². The Bertz CT molecular complexity index is 24.4. The summed E-state index contributed by atoms with van der Waals surface area (Å²) in [4.78, 5) is 0. The molecule has 0 saturated heterocycles. The molecule has 54 valence electrons. The molecule has 0 aliphatic carbocycles. The zero-order valence-electron chi connectivity index (χ0n) is 5.39. The van der Waals surface area contributed by atoms with Crippen LogP contribution in [0.25, 0.3) is 0 Å². The molecule has 0 aromatic rings. The molecular weight excluding hydrogens is 126 g/mol. The van der Waals surface area contributed by atoms with Crippen LogP contribution in [0.2, 0.25) is 0 Å². The van der Waals surface area contributed by atoms with Gasteiger partial charge in [0.25, 0.3) is 0 Å². The normalized spacial score (nSPS) is 6.75. The minimum Gasteiger partial charge on any atom is -0.396 e. The average Bonchev–Trinajstić information content (AvgIpc) is 1.61. The molecule has 0 saturated carbocycles. The molecule has 3 heteroatoms. The topological polar surface area (TPSA) is 55.2 Å². The van der Waals surface area contributed by atoms with Gasteiger partial charge in [-0.05, 0) is 6.42 Å². The van der Waals surface area contributed by atoms with Crippen molar-refractivity contribution in [3.05, 3.63) is 0 Å². The number of aliphatic hydroxyl groups excluding tert-OH is 1. The van der Waals surface area contributed by atoms with Crippen molar-refractivity contribution in [1.82, 2.24) is 6.15 Å². The van der Waals surface area contributed by atoms with Crippen LogP contribution in [0.15, 0.2) is 0 Å². The van der Waals surface area contributed by atoms with E-state index in [9.17, 15) is 0 Å². The van der Waals surface area contributed by atoms with Crippen LogP contribution in [0.1, 0.15) is 26.2 Å². The van der Waals surface area contributed by atoms with E-state index in [2.05, 4.69) is 6.92 Å². The van der Waals surface area contributed by atoms with Crippen molar-refractivity contribution in [2.24, 2.45) is 0 Å². The van der Waals surface area contributed by atoms with E-state index in [1.165, 1.54) is 6.42 Å². The van der Waals surface area contributed by atoms with Crippen LogP contribution in [0, 0.1) is 0 Å². The number of unbranched alkanes of at least 4 members (excludes halogenated alkanes) is 2. The van der Waals surface area contributed by atoms with E-state index in [-0.39, 0.29) is 18.6 Å². The summed E-state index contributed by atoms with van der Waals surface area (Å²) in [6.45, 7) is 2.48. The van der Waals surface area contributed by atoms with Gasteiger partial charge in [0.2, 0.25) is 0 Å². The summed E-state index contributed by atoms with van der Waals surface area (Å²) in [6, 6.07) is 0. The third kappa shape index (κ3) is 16.4. The predicted octanol–water partition coefficient (Wildman–Crippen LogP) is 1.75. The van der Waals surface area contributed by atoms with Gasteiger partial charge in [-0.1, -0.05) is 19.8 Å². The summed E-state index contributed by atoms with van der Waals surface area (Å²) >= 11 is 0. The molecule has 0 bridgehead atoms. The second kappa shape index (κ2) is 15.7. The Kier molecular flexibility index (Phi) is 30.8. The lowest BCUT2D eigenvalue weighted by Crippen LogP contribution is -1.78. The summed E-state index contributed by atoms with van der Waals surface area (Å²) in [5.74, 6) is 0. The van der Waals surface area contributed by atoms with E-state index in [0.717, 1.165) is 12.8 Å². The lowest BCUT2D eigenvalue weighted by Gasteiger charge is -1.85. The first-order chi connectivity index (χ1) is 2.91. The largest absolute Gasteiger partial charge is 0.396 e. The zero-order valence-corrected chi connectivity index (χ0v) is 6.21. The van der Waals surface area contributed by atoms with Crippen LogP contribution in [0.4, 0.5) is 0 Å². The van der Waals surface area contributed by atoms with Crippen molar-refractivity contribution in [3.63, 3.8) is 0 Å². The smallest absolute Gasteiger partial charge is 0.0431 e. The number of rotatable bonds is 3. The summed E-state index contributed by atoms with van der Waals surface area (Å²) in [5, 5.41) is 8.20. The van der Waals surface area contributed by atoms with Gasteiger partial charge in [0.05, 0.1) is 0 Å². The van der Waals surface area contributed by atoms with Gasteiger partial charge in [-0.25, -0.2) is 0 Å². The van der Waals surface area contributed by atoms with E-state index in [1.54, 1.807) is 0 Å². The first-order valence-electron chi connectivity index (χ1n) is 2.52. The highest BCUT2D eigenvalue weighted by molar-refractivity contribution is 5.85. The molecule has 0 amide bonds. The minimum absolute atomic E-state index is 0. The van der Waals surface area contributed by atoms with Crippen LogP contribution in [-0.2, 0) is 0 Å². The van der Waals surface area contributed by atoms with Crippen LogP contribution in [0.3, 0.4) is 0 Å². The fourth-order valence-electron chi connectivity index (χ4n) is 0.362. The van der Waals surface area contributed by atoms with Gasteiger partial charge in [0.15, 0.2) is 0 Å². The Morgan fingerprint density at radius 2 is 1.75 bits per heavy atom. The molecular formula is C5H16ClNO. The van der Waals surface area contributed by atoms with Crippen LogP contribution in [-0.4, -0.2) is 11.7 Å². The molecule has 0 aromatic heterocycles. The third-order valence-corrected chi connectivity index (χ3v) is 0.762. The first-order valence-corrected chi connectivity index (χ1v) is 2.52. The predicted molar refractivity (Wildman–Crippen MR) is 38.9 cm³/mol. The summed E-state index contributed by atoms with van der Waals surface area (Å²) in [7, 11) is 0. The van der Waals surface area contributed by atoms with Crippen molar-refractivity contribution in [1.29, 1.82) is 0 Å². The maximum atomic E-state index is 8.20. The summed E-state index contributed by atoms with van der Waals surface area (Å²) < 4.78 is 0. The van der Waals surface area contributed by atoms with Gasteiger partial charge in [-0.15, -0.1) is 12.4 Å². The van der Waals surface area contributed by atoms with Crippen molar-refractivity contribution in [2.45, 2.75) is 26.2 Å². The van der Waals surface area contributed by atoms with Crippen molar-refractivity contribution in [2.75, 3.05) is 6.61 Å². The molecule has 8 heavy (non-hydrogen) atoms. The molecule has 0 heterocycles. The van der Waals surface area contributed by atoms with E-state index in [4.69, 9.17) is 5.11 Å². The maximum Gasteiger partial charge on any atom is 0.0431 e. The molecule has 4 N–H and O–H groups in total. The van der Waals surface area contributed by atoms with E-state index >= 15 is 0 Å². The number of halogens is 1. The molecule has 2 nitrogen and oxygen atoms in total. The molecule has 0 atom stereocenters. The van der Waals surface area contributed by atoms with E-state index in [1.807, 2.05) is 0 Å². The highest BCUT2D eigenvalue weighted by Crippen LogP contribution is 1.89. The van der Waals surface area contributed by atoms with Crippen molar-refractivity contribution in [3.8, 4) is 0 Å². The summed E-state index contributed by atoms with van der Waals surface area (Å²) in [5.41, 5.74) is 0. The quantitative estimate of drug-likeness (QED) is 0.589. The molecule has 0 fully saturated rings.